The van der Waals surface area contributed by atoms with E-state index in [1.165, 1.54) is 0 Å². The molecule has 3 aliphatic rings. The Hall–Kier alpha value is -1.84. The third-order valence-corrected chi connectivity index (χ3v) is 7.12. The van der Waals surface area contributed by atoms with E-state index in [9.17, 15) is 9.59 Å². The highest BCUT2D eigenvalue weighted by Gasteiger charge is 2.43. The van der Waals surface area contributed by atoms with Crippen LogP contribution in [0.3, 0.4) is 0 Å². The summed E-state index contributed by atoms with van der Waals surface area (Å²) in [6, 6.07) is 7.06. The van der Waals surface area contributed by atoms with Crippen LogP contribution >= 0.6 is 0 Å². The molecule has 1 heterocycles. The molecular formula is C25H34O4. The standard InChI is InChI=1S/C25H34O4/c1-24(2)12-16-9-17-11-19(15-25(3,4)13-17)23(27)29-21-8-6-5-7-20(21)28-22(26)18(10-16)14-24/h5-8,16-19H,9-15H2,1-4H3. The van der Waals surface area contributed by atoms with Gasteiger partial charge >= 0.3 is 11.9 Å². The van der Waals surface area contributed by atoms with Gasteiger partial charge in [-0.2, -0.15) is 0 Å². The number of hydrogen-bond donors (Lipinski definition) is 0. The van der Waals surface area contributed by atoms with Crippen molar-refractivity contribution in [3.05, 3.63) is 24.3 Å². The highest BCUT2D eigenvalue weighted by atomic mass is 16.6. The molecule has 1 aliphatic heterocycles. The van der Waals surface area contributed by atoms with E-state index in [2.05, 4.69) is 27.7 Å². The Morgan fingerprint density at radius 3 is 1.52 bits per heavy atom. The lowest BCUT2D eigenvalue weighted by atomic mass is 9.61. The molecule has 2 fully saturated rings. The van der Waals surface area contributed by atoms with Gasteiger partial charge in [0, 0.05) is 0 Å². The lowest BCUT2D eigenvalue weighted by Gasteiger charge is -2.43. The van der Waals surface area contributed by atoms with Crippen LogP contribution in [-0.4, -0.2) is 11.9 Å². The Morgan fingerprint density at radius 1 is 0.690 bits per heavy atom. The molecule has 0 spiro atoms. The van der Waals surface area contributed by atoms with Gasteiger partial charge in [-0.15, -0.1) is 0 Å². The maximum absolute atomic E-state index is 13.0. The number of carbonyl (C=O) groups excluding carboxylic acids is 2. The molecule has 1 aromatic carbocycles. The fraction of sp³-hybridized carbons (Fsp3) is 0.680. The van der Waals surface area contributed by atoms with Crippen LogP contribution in [0.5, 0.6) is 11.5 Å². The fourth-order valence-corrected chi connectivity index (χ4v) is 6.39. The Morgan fingerprint density at radius 2 is 1.10 bits per heavy atom. The molecule has 4 atom stereocenters. The van der Waals surface area contributed by atoms with Gasteiger partial charge in [-0.05, 0) is 79.7 Å². The largest absolute Gasteiger partial charge is 0.422 e. The van der Waals surface area contributed by atoms with Crippen LogP contribution in [0.15, 0.2) is 24.3 Å². The van der Waals surface area contributed by atoms with Crippen molar-refractivity contribution in [2.75, 3.05) is 0 Å². The van der Waals surface area contributed by atoms with E-state index in [0.717, 1.165) is 44.9 Å². The Bertz CT molecular complexity index is 729. The van der Waals surface area contributed by atoms with E-state index < -0.39 is 0 Å². The van der Waals surface area contributed by atoms with Crippen molar-refractivity contribution in [1.82, 2.24) is 0 Å². The fourth-order valence-electron chi connectivity index (χ4n) is 6.39. The second kappa shape index (κ2) is 7.45. The predicted octanol–water partition coefficient (Wildman–Crippen LogP) is 5.79. The van der Waals surface area contributed by atoms with Crippen LogP contribution in [0, 0.1) is 34.5 Å². The Kier molecular flexibility index (Phi) is 5.25. The van der Waals surface area contributed by atoms with Crippen LogP contribution in [0.1, 0.15) is 72.6 Å². The molecule has 29 heavy (non-hydrogen) atoms. The molecule has 4 heteroatoms. The summed E-state index contributed by atoms with van der Waals surface area (Å²) >= 11 is 0. The van der Waals surface area contributed by atoms with Gasteiger partial charge in [0.1, 0.15) is 0 Å². The van der Waals surface area contributed by atoms with Gasteiger partial charge in [-0.25, -0.2) is 0 Å². The molecule has 158 valence electrons. The van der Waals surface area contributed by atoms with Crippen molar-refractivity contribution in [1.29, 1.82) is 0 Å². The number of ether oxygens (including phenoxy) is 2. The van der Waals surface area contributed by atoms with Crippen LogP contribution in [0.4, 0.5) is 0 Å². The average molecular weight is 399 g/mol. The molecule has 4 unspecified atom stereocenters. The molecule has 2 saturated carbocycles. The molecule has 4 nitrogen and oxygen atoms in total. The minimum Gasteiger partial charge on any atom is -0.422 e. The number of fused-ring (bicyclic) bond motifs is 5. The molecule has 2 aliphatic carbocycles. The summed E-state index contributed by atoms with van der Waals surface area (Å²) in [5.74, 6) is 1.16. The zero-order valence-electron chi connectivity index (χ0n) is 18.2. The first kappa shape index (κ1) is 20.4. The number of benzene rings is 1. The minimum absolute atomic E-state index is 0.0966. The molecule has 0 saturated heterocycles. The minimum atomic E-state index is -0.186. The first-order valence-corrected chi connectivity index (χ1v) is 11.1. The zero-order chi connectivity index (χ0) is 20.8. The van der Waals surface area contributed by atoms with Gasteiger partial charge in [0.2, 0.25) is 0 Å². The summed E-state index contributed by atoms with van der Waals surface area (Å²) in [6.07, 6.45) is 6.85. The highest BCUT2D eigenvalue weighted by Crippen LogP contribution is 2.50. The molecule has 0 aromatic heterocycles. The van der Waals surface area contributed by atoms with Crippen LogP contribution in [0.2, 0.25) is 0 Å². The molecule has 4 rings (SSSR count). The molecule has 0 amide bonds. The third-order valence-electron chi connectivity index (χ3n) is 7.12. The van der Waals surface area contributed by atoms with Crippen LogP contribution in [0.25, 0.3) is 0 Å². The van der Waals surface area contributed by atoms with E-state index in [1.54, 1.807) is 12.1 Å². The predicted molar refractivity (Wildman–Crippen MR) is 112 cm³/mol. The van der Waals surface area contributed by atoms with Gasteiger partial charge in [-0.3, -0.25) is 9.59 Å². The Labute approximate surface area is 174 Å². The number of esters is 2. The van der Waals surface area contributed by atoms with E-state index >= 15 is 0 Å². The van der Waals surface area contributed by atoms with E-state index in [4.69, 9.17) is 9.47 Å². The first-order valence-electron chi connectivity index (χ1n) is 11.1. The van der Waals surface area contributed by atoms with Crippen molar-refractivity contribution >= 4 is 11.9 Å². The number of hydrogen-bond acceptors (Lipinski definition) is 4. The Balaban J connectivity index is 1.70. The SMILES string of the molecule is CC1(C)CC2CC3CC(CC(C)(C)C3)C(=O)Oc3ccccc3OC(=O)C(C2)C1. The second-order valence-electron chi connectivity index (χ2n) is 11.3. The summed E-state index contributed by atoms with van der Waals surface area (Å²) in [4.78, 5) is 26.1. The molecule has 0 N–H and O–H groups in total. The maximum atomic E-state index is 13.0. The maximum Gasteiger partial charge on any atom is 0.314 e. The zero-order valence-corrected chi connectivity index (χ0v) is 18.2. The first-order chi connectivity index (χ1) is 13.6. The summed E-state index contributed by atoms with van der Waals surface area (Å²) in [7, 11) is 0. The summed E-state index contributed by atoms with van der Waals surface area (Å²) in [5, 5.41) is 0. The topological polar surface area (TPSA) is 52.6 Å². The molecule has 4 bridgehead atoms. The van der Waals surface area contributed by atoms with E-state index in [-0.39, 0.29) is 34.6 Å². The molecule has 1 aromatic rings. The summed E-state index contributed by atoms with van der Waals surface area (Å²) < 4.78 is 11.5. The van der Waals surface area contributed by atoms with Crippen molar-refractivity contribution < 1.29 is 19.1 Å². The summed E-state index contributed by atoms with van der Waals surface area (Å²) in [5.41, 5.74) is 0.254. The molecular weight excluding hydrogens is 364 g/mol. The number of para-hydroxylation sites is 2. The third kappa shape index (κ3) is 4.67. The normalized spacial score (nSPS) is 33.8. The van der Waals surface area contributed by atoms with Crippen molar-refractivity contribution in [2.45, 2.75) is 72.6 Å². The molecule has 0 radical (unpaired) electrons. The van der Waals surface area contributed by atoms with Gasteiger partial charge in [0.15, 0.2) is 11.5 Å². The van der Waals surface area contributed by atoms with Crippen molar-refractivity contribution in [3.8, 4) is 11.5 Å². The van der Waals surface area contributed by atoms with Gasteiger partial charge in [-0.1, -0.05) is 39.8 Å². The van der Waals surface area contributed by atoms with E-state index in [0.29, 0.717) is 23.3 Å². The van der Waals surface area contributed by atoms with E-state index in [1.807, 2.05) is 12.1 Å². The monoisotopic (exact) mass is 398 g/mol. The smallest absolute Gasteiger partial charge is 0.314 e. The number of rotatable bonds is 0. The lowest BCUT2D eigenvalue weighted by Crippen LogP contribution is -2.38. The van der Waals surface area contributed by atoms with Crippen molar-refractivity contribution in [2.24, 2.45) is 34.5 Å². The van der Waals surface area contributed by atoms with Crippen molar-refractivity contribution in [3.63, 3.8) is 0 Å². The lowest BCUT2D eigenvalue weighted by molar-refractivity contribution is -0.144. The highest BCUT2D eigenvalue weighted by molar-refractivity contribution is 5.79. The quantitative estimate of drug-likeness (QED) is 0.410. The second-order valence-corrected chi connectivity index (χ2v) is 11.3. The van der Waals surface area contributed by atoms with Gasteiger partial charge in [0.25, 0.3) is 0 Å². The average Bonchev–Trinajstić information content (AvgIpc) is 2.60. The summed E-state index contributed by atoms with van der Waals surface area (Å²) in [6.45, 7) is 9.08. The van der Waals surface area contributed by atoms with Gasteiger partial charge in [0.05, 0.1) is 11.8 Å². The van der Waals surface area contributed by atoms with Crippen LogP contribution < -0.4 is 9.47 Å². The van der Waals surface area contributed by atoms with Crippen LogP contribution in [-0.2, 0) is 9.59 Å². The number of carbonyl (C=O) groups is 2. The van der Waals surface area contributed by atoms with Gasteiger partial charge < -0.3 is 9.47 Å².